The van der Waals surface area contributed by atoms with E-state index in [4.69, 9.17) is 9.47 Å². The van der Waals surface area contributed by atoms with Crippen molar-refractivity contribution in [2.75, 3.05) is 38.3 Å². The smallest absolute Gasteiger partial charge is 0.264 e. The molecule has 27 heavy (non-hydrogen) atoms. The van der Waals surface area contributed by atoms with Crippen LogP contribution in [-0.2, 0) is 9.53 Å². The first-order valence-electron chi connectivity index (χ1n) is 9.21. The number of benzene rings is 1. The van der Waals surface area contributed by atoms with Crippen LogP contribution in [0.3, 0.4) is 0 Å². The molecule has 1 aromatic carbocycles. The molecule has 3 aliphatic rings. The lowest BCUT2D eigenvalue weighted by Crippen LogP contribution is -2.55. The first-order chi connectivity index (χ1) is 12.9. The minimum atomic E-state index is -0.840. The van der Waals surface area contributed by atoms with Crippen LogP contribution < -0.4 is 9.64 Å². The van der Waals surface area contributed by atoms with Crippen LogP contribution in [0.4, 0.5) is 5.69 Å². The molecule has 0 aliphatic carbocycles. The van der Waals surface area contributed by atoms with E-state index in [0.29, 0.717) is 49.4 Å². The van der Waals surface area contributed by atoms with Crippen LogP contribution in [0.2, 0.25) is 0 Å². The molecule has 1 spiro atoms. The number of nitrogens with zero attached hydrogens (tertiary/aromatic N) is 2. The standard InChI is InChI=1S/C19H24N2O6/c1-20-13-8-12(2-3-16(13)26-11-17(20)24)18(25)21-6-4-19(5-7-21)9-14(22)15(23)10-27-19/h2-3,8,14-15,22-23H,4-7,9-11H2,1H3/t14-,15+/m1/s1. The Hall–Kier alpha value is -2.16. The first kappa shape index (κ1) is 18.2. The fourth-order valence-corrected chi connectivity index (χ4v) is 4.00. The molecular formula is C19H24N2O6. The van der Waals surface area contributed by atoms with Crippen molar-refractivity contribution in [1.82, 2.24) is 4.90 Å². The summed E-state index contributed by atoms with van der Waals surface area (Å²) >= 11 is 0. The van der Waals surface area contributed by atoms with Crippen molar-refractivity contribution in [1.29, 1.82) is 0 Å². The second kappa shape index (κ2) is 6.78. The van der Waals surface area contributed by atoms with Crippen LogP contribution in [0.5, 0.6) is 5.75 Å². The highest BCUT2D eigenvalue weighted by Gasteiger charge is 2.43. The molecule has 2 atom stereocenters. The second-order valence-corrected chi connectivity index (χ2v) is 7.55. The number of likely N-dealkylation sites (N-methyl/N-ethyl adjacent to an activating group) is 1. The third kappa shape index (κ3) is 3.28. The maximum atomic E-state index is 12.9. The van der Waals surface area contributed by atoms with E-state index in [9.17, 15) is 19.8 Å². The monoisotopic (exact) mass is 376 g/mol. The van der Waals surface area contributed by atoms with Crippen molar-refractivity contribution < 1.29 is 29.3 Å². The molecule has 4 rings (SSSR count). The number of aliphatic hydroxyl groups excluding tert-OH is 2. The summed E-state index contributed by atoms with van der Waals surface area (Å²) in [5, 5.41) is 19.6. The van der Waals surface area contributed by atoms with E-state index in [1.807, 2.05) is 0 Å². The predicted molar refractivity (Wildman–Crippen MR) is 95.8 cm³/mol. The Morgan fingerprint density at radius 3 is 2.67 bits per heavy atom. The zero-order valence-corrected chi connectivity index (χ0v) is 15.3. The Balaban J connectivity index is 1.45. The van der Waals surface area contributed by atoms with E-state index in [1.54, 1.807) is 30.1 Å². The molecule has 2 amide bonds. The second-order valence-electron chi connectivity index (χ2n) is 7.55. The van der Waals surface area contributed by atoms with Gasteiger partial charge in [0.05, 0.1) is 24.0 Å². The summed E-state index contributed by atoms with van der Waals surface area (Å²) < 4.78 is 11.2. The lowest BCUT2D eigenvalue weighted by Gasteiger charge is -2.46. The molecule has 8 heteroatoms. The van der Waals surface area contributed by atoms with E-state index in [0.717, 1.165) is 0 Å². The summed E-state index contributed by atoms with van der Waals surface area (Å²) in [6, 6.07) is 5.13. The number of ether oxygens (including phenoxy) is 2. The number of fused-ring (bicyclic) bond motifs is 1. The summed E-state index contributed by atoms with van der Waals surface area (Å²) in [6.45, 7) is 1.17. The predicted octanol–water partition coefficient (Wildman–Crippen LogP) is 0.159. The molecule has 0 bridgehead atoms. The fraction of sp³-hybridized carbons (Fsp3) is 0.579. The van der Waals surface area contributed by atoms with E-state index >= 15 is 0 Å². The first-order valence-corrected chi connectivity index (χ1v) is 9.21. The summed E-state index contributed by atoms with van der Waals surface area (Å²) in [4.78, 5) is 28.0. The van der Waals surface area contributed by atoms with Gasteiger partial charge in [-0.2, -0.15) is 0 Å². The number of carbonyl (C=O) groups is 2. The zero-order valence-electron chi connectivity index (χ0n) is 15.3. The maximum absolute atomic E-state index is 12.9. The summed E-state index contributed by atoms with van der Waals surface area (Å²) in [7, 11) is 1.67. The van der Waals surface area contributed by atoms with Crippen molar-refractivity contribution >= 4 is 17.5 Å². The Labute approximate surface area is 157 Å². The van der Waals surface area contributed by atoms with Gasteiger partial charge in [0.2, 0.25) is 0 Å². The number of piperidine rings is 1. The van der Waals surface area contributed by atoms with Gasteiger partial charge in [-0.05, 0) is 31.0 Å². The van der Waals surface area contributed by atoms with Crippen molar-refractivity contribution in [2.24, 2.45) is 0 Å². The fourth-order valence-electron chi connectivity index (χ4n) is 4.00. The van der Waals surface area contributed by atoms with Gasteiger partial charge in [0.15, 0.2) is 6.61 Å². The molecule has 8 nitrogen and oxygen atoms in total. The molecule has 3 aliphatic heterocycles. The lowest BCUT2D eigenvalue weighted by molar-refractivity contribution is -0.185. The van der Waals surface area contributed by atoms with Crippen molar-refractivity contribution in [3.8, 4) is 5.75 Å². The molecule has 2 N–H and O–H groups in total. The van der Waals surface area contributed by atoms with Crippen molar-refractivity contribution in [3.05, 3.63) is 23.8 Å². The third-order valence-electron chi connectivity index (χ3n) is 5.84. The molecule has 2 fully saturated rings. The Morgan fingerprint density at radius 2 is 1.96 bits per heavy atom. The number of rotatable bonds is 1. The van der Waals surface area contributed by atoms with E-state index in [-0.39, 0.29) is 25.0 Å². The zero-order chi connectivity index (χ0) is 19.2. The number of hydrogen-bond donors (Lipinski definition) is 2. The number of hydrogen-bond acceptors (Lipinski definition) is 6. The number of carbonyl (C=O) groups excluding carboxylic acids is 2. The molecule has 146 valence electrons. The van der Waals surface area contributed by atoms with Gasteiger partial charge in [-0.25, -0.2) is 0 Å². The molecule has 0 saturated carbocycles. The lowest BCUT2D eigenvalue weighted by atomic mass is 9.82. The SMILES string of the molecule is CN1C(=O)COc2ccc(C(=O)N3CCC4(CC3)C[C@@H](O)[C@@H](O)CO4)cc21. The van der Waals surface area contributed by atoms with Crippen LogP contribution in [0.25, 0.3) is 0 Å². The molecule has 1 aromatic rings. The average molecular weight is 376 g/mol. The highest BCUT2D eigenvalue weighted by molar-refractivity contribution is 6.01. The minimum absolute atomic E-state index is 0.00551. The molecule has 0 unspecified atom stereocenters. The Morgan fingerprint density at radius 1 is 1.22 bits per heavy atom. The van der Waals surface area contributed by atoms with Gasteiger partial charge in [-0.1, -0.05) is 0 Å². The van der Waals surface area contributed by atoms with Gasteiger partial charge >= 0.3 is 0 Å². The number of amides is 2. The van der Waals surface area contributed by atoms with Gasteiger partial charge < -0.3 is 29.5 Å². The van der Waals surface area contributed by atoms with Crippen LogP contribution >= 0.6 is 0 Å². The normalized spacial score (nSPS) is 27.3. The third-order valence-corrected chi connectivity index (χ3v) is 5.84. The van der Waals surface area contributed by atoms with Gasteiger partial charge in [0.25, 0.3) is 11.8 Å². The highest BCUT2D eigenvalue weighted by Crippen LogP contribution is 2.36. The topological polar surface area (TPSA) is 99.5 Å². The molecule has 2 saturated heterocycles. The maximum Gasteiger partial charge on any atom is 0.264 e. The quantitative estimate of drug-likeness (QED) is 0.724. The van der Waals surface area contributed by atoms with Gasteiger partial charge in [-0.3, -0.25) is 9.59 Å². The summed E-state index contributed by atoms with van der Waals surface area (Å²) in [5.74, 6) is 0.340. The number of likely N-dealkylation sites (tertiary alicyclic amines) is 1. The average Bonchev–Trinajstić information content (AvgIpc) is 2.68. The molecule has 3 heterocycles. The van der Waals surface area contributed by atoms with Crippen LogP contribution in [0, 0.1) is 0 Å². The van der Waals surface area contributed by atoms with Crippen LogP contribution in [0.1, 0.15) is 29.6 Å². The molecular weight excluding hydrogens is 352 g/mol. The Kier molecular flexibility index (Phi) is 4.57. The van der Waals surface area contributed by atoms with Crippen molar-refractivity contribution in [2.45, 2.75) is 37.1 Å². The van der Waals surface area contributed by atoms with Crippen molar-refractivity contribution in [3.63, 3.8) is 0 Å². The van der Waals surface area contributed by atoms with E-state index < -0.39 is 17.8 Å². The van der Waals surface area contributed by atoms with Gasteiger partial charge in [0.1, 0.15) is 11.9 Å². The van der Waals surface area contributed by atoms with Gasteiger partial charge in [0, 0.05) is 32.1 Å². The number of aliphatic hydroxyl groups is 2. The van der Waals surface area contributed by atoms with Gasteiger partial charge in [-0.15, -0.1) is 0 Å². The van der Waals surface area contributed by atoms with Crippen LogP contribution in [-0.4, -0.2) is 78.1 Å². The van der Waals surface area contributed by atoms with E-state index in [1.165, 1.54) is 4.90 Å². The molecule has 0 aromatic heterocycles. The minimum Gasteiger partial charge on any atom is -0.482 e. The highest BCUT2D eigenvalue weighted by atomic mass is 16.5. The number of anilines is 1. The summed E-state index contributed by atoms with van der Waals surface area (Å²) in [5.41, 5.74) is 0.638. The molecule has 0 radical (unpaired) electrons. The summed E-state index contributed by atoms with van der Waals surface area (Å²) in [6.07, 6.45) is 0.00543. The van der Waals surface area contributed by atoms with Crippen LogP contribution in [0.15, 0.2) is 18.2 Å². The van der Waals surface area contributed by atoms with E-state index in [2.05, 4.69) is 0 Å². The Bertz CT molecular complexity index is 759. The largest absolute Gasteiger partial charge is 0.482 e.